The lowest BCUT2D eigenvalue weighted by molar-refractivity contribution is 0.282. The minimum Gasteiger partial charge on any atom is -0.330 e. The molecule has 0 unspecified atom stereocenters. The van der Waals surface area contributed by atoms with E-state index in [0.29, 0.717) is 6.04 Å². The highest BCUT2D eigenvalue weighted by Crippen LogP contribution is 2.22. The maximum Gasteiger partial charge on any atom is 0.0213 e. The highest BCUT2D eigenvalue weighted by atomic mass is 15.3. The molecule has 0 aromatic carbocycles. The fraction of sp³-hybridized carbons (Fsp3) is 1.00. The Morgan fingerprint density at radius 3 is 2.36 bits per heavy atom. The minimum atomic E-state index is 0.669. The molecule has 1 rings (SSSR count). The van der Waals surface area contributed by atoms with Gasteiger partial charge in [-0.15, -0.1) is 0 Å². The molecule has 1 fully saturated rings. The molecule has 1 aliphatic rings. The molecule has 0 aliphatic heterocycles. The summed E-state index contributed by atoms with van der Waals surface area (Å²) >= 11 is 0. The fourth-order valence-corrected chi connectivity index (χ4v) is 1.75. The van der Waals surface area contributed by atoms with Gasteiger partial charge in [0.15, 0.2) is 0 Å². The second kappa shape index (κ2) is 4.70. The van der Waals surface area contributed by atoms with Crippen molar-refractivity contribution in [2.75, 3.05) is 13.6 Å². The van der Waals surface area contributed by atoms with Gasteiger partial charge in [0.1, 0.15) is 0 Å². The summed E-state index contributed by atoms with van der Waals surface area (Å²) < 4.78 is 0. The standard InChI is InChI=1S/C8H19N3/c1-10-11-8-4-2-7(6-9)3-5-8/h7-8,10-11H,2-6,9H2,1H3. The van der Waals surface area contributed by atoms with E-state index in [-0.39, 0.29) is 0 Å². The smallest absolute Gasteiger partial charge is 0.0213 e. The minimum absolute atomic E-state index is 0.669. The number of nitrogens with one attached hydrogen (secondary N) is 2. The maximum absolute atomic E-state index is 5.59. The van der Waals surface area contributed by atoms with E-state index in [4.69, 9.17) is 5.73 Å². The van der Waals surface area contributed by atoms with E-state index in [1.54, 1.807) is 0 Å². The first-order valence-corrected chi connectivity index (χ1v) is 4.49. The SMILES string of the molecule is CNNC1CCC(CN)CC1. The molecule has 0 saturated heterocycles. The van der Waals surface area contributed by atoms with Gasteiger partial charge in [0, 0.05) is 6.04 Å². The third-order valence-electron chi connectivity index (χ3n) is 2.53. The highest BCUT2D eigenvalue weighted by Gasteiger charge is 2.18. The monoisotopic (exact) mass is 157 g/mol. The zero-order valence-corrected chi connectivity index (χ0v) is 7.27. The average molecular weight is 157 g/mol. The first kappa shape index (κ1) is 8.97. The molecule has 0 bridgehead atoms. The largest absolute Gasteiger partial charge is 0.330 e. The number of hydrogen-bond donors (Lipinski definition) is 3. The van der Waals surface area contributed by atoms with Gasteiger partial charge in [0.25, 0.3) is 0 Å². The van der Waals surface area contributed by atoms with Gasteiger partial charge in [0.2, 0.25) is 0 Å². The van der Waals surface area contributed by atoms with Crippen LogP contribution in [0.4, 0.5) is 0 Å². The summed E-state index contributed by atoms with van der Waals surface area (Å²) in [7, 11) is 1.93. The Labute approximate surface area is 68.7 Å². The van der Waals surface area contributed by atoms with Crippen molar-refractivity contribution >= 4 is 0 Å². The molecule has 0 spiro atoms. The lowest BCUT2D eigenvalue weighted by Gasteiger charge is -2.27. The normalized spacial score (nSPS) is 32.2. The van der Waals surface area contributed by atoms with E-state index < -0.39 is 0 Å². The van der Waals surface area contributed by atoms with Crippen molar-refractivity contribution in [3.8, 4) is 0 Å². The van der Waals surface area contributed by atoms with Crippen LogP contribution < -0.4 is 16.6 Å². The zero-order chi connectivity index (χ0) is 8.10. The summed E-state index contributed by atoms with van der Waals surface area (Å²) in [6.07, 6.45) is 5.11. The molecule has 0 aromatic rings. The Morgan fingerprint density at radius 1 is 1.27 bits per heavy atom. The van der Waals surface area contributed by atoms with Crippen LogP contribution in [0.15, 0.2) is 0 Å². The van der Waals surface area contributed by atoms with Crippen molar-refractivity contribution in [2.45, 2.75) is 31.7 Å². The van der Waals surface area contributed by atoms with Crippen LogP contribution in [0.25, 0.3) is 0 Å². The van der Waals surface area contributed by atoms with E-state index in [1.165, 1.54) is 25.7 Å². The van der Waals surface area contributed by atoms with Crippen molar-refractivity contribution in [1.82, 2.24) is 10.9 Å². The summed E-state index contributed by atoms with van der Waals surface area (Å²) in [5.41, 5.74) is 11.8. The van der Waals surface area contributed by atoms with Crippen LogP contribution in [0.2, 0.25) is 0 Å². The molecule has 0 radical (unpaired) electrons. The summed E-state index contributed by atoms with van der Waals surface area (Å²) in [5.74, 6) is 0.782. The predicted octanol–water partition coefficient (Wildman–Crippen LogP) is 0.228. The van der Waals surface area contributed by atoms with Gasteiger partial charge < -0.3 is 5.73 Å². The van der Waals surface area contributed by atoms with Crippen molar-refractivity contribution in [3.05, 3.63) is 0 Å². The number of rotatable bonds is 3. The predicted molar refractivity (Wildman–Crippen MR) is 47.0 cm³/mol. The maximum atomic E-state index is 5.59. The van der Waals surface area contributed by atoms with Gasteiger partial charge >= 0.3 is 0 Å². The molecule has 3 heteroatoms. The van der Waals surface area contributed by atoms with Crippen LogP contribution in [0.5, 0.6) is 0 Å². The third kappa shape index (κ3) is 2.77. The lowest BCUT2D eigenvalue weighted by atomic mass is 9.86. The topological polar surface area (TPSA) is 50.1 Å². The second-order valence-electron chi connectivity index (χ2n) is 3.35. The van der Waals surface area contributed by atoms with Gasteiger partial charge in [-0.3, -0.25) is 10.9 Å². The van der Waals surface area contributed by atoms with Crippen LogP contribution in [0.3, 0.4) is 0 Å². The molecule has 0 amide bonds. The van der Waals surface area contributed by atoms with Gasteiger partial charge in [-0.1, -0.05) is 0 Å². The molecule has 0 atom stereocenters. The Morgan fingerprint density at radius 2 is 1.91 bits per heavy atom. The quantitative estimate of drug-likeness (QED) is 0.514. The zero-order valence-electron chi connectivity index (χ0n) is 7.27. The van der Waals surface area contributed by atoms with Crippen LogP contribution in [0.1, 0.15) is 25.7 Å². The fourth-order valence-electron chi connectivity index (χ4n) is 1.75. The number of hydrogen-bond acceptors (Lipinski definition) is 3. The number of nitrogens with two attached hydrogens (primary N) is 1. The molecule has 1 saturated carbocycles. The van der Waals surface area contributed by atoms with Crippen molar-refractivity contribution in [3.63, 3.8) is 0 Å². The molecular weight excluding hydrogens is 138 g/mol. The van der Waals surface area contributed by atoms with Gasteiger partial charge in [-0.2, -0.15) is 0 Å². The molecule has 4 N–H and O–H groups in total. The van der Waals surface area contributed by atoms with Crippen molar-refractivity contribution < 1.29 is 0 Å². The number of hydrazine groups is 1. The van der Waals surface area contributed by atoms with Crippen molar-refractivity contribution in [1.29, 1.82) is 0 Å². The molecule has 66 valence electrons. The third-order valence-corrected chi connectivity index (χ3v) is 2.53. The lowest BCUT2D eigenvalue weighted by Crippen LogP contribution is -2.41. The van der Waals surface area contributed by atoms with Gasteiger partial charge in [0.05, 0.1) is 0 Å². The Kier molecular flexibility index (Phi) is 3.83. The average Bonchev–Trinajstić information content (AvgIpc) is 2.07. The summed E-state index contributed by atoms with van der Waals surface area (Å²) in [4.78, 5) is 0. The van der Waals surface area contributed by atoms with Crippen LogP contribution in [-0.4, -0.2) is 19.6 Å². The van der Waals surface area contributed by atoms with Crippen LogP contribution in [-0.2, 0) is 0 Å². The molecule has 0 heterocycles. The van der Waals surface area contributed by atoms with E-state index in [9.17, 15) is 0 Å². The van der Waals surface area contributed by atoms with Crippen molar-refractivity contribution in [2.24, 2.45) is 11.7 Å². The molecular formula is C8H19N3. The Hall–Kier alpha value is -0.120. The van der Waals surface area contributed by atoms with Gasteiger partial charge in [-0.25, -0.2) is 0 Å². The first-order chi connectivity index (χ1) is 5.36. The second-order valence-corrected chi connectivity index (χ2v) is 3.35. The Balaban J connectivity index is 2.14. The van der Waals surface area contributed by atoms with Crippen LogP contribution in [0, 0.1) is 5.92 Å². The van der Waals surface area contributed by atoms with E-state index in [1.807, 2.05) is 7.05 Å². The molecule has 0 aromatic heterocycles. The molecule has 3 nitrogen and oxygen atoms in total. The van der Waals surface area contributed by atoms with E-state index in [0.717, 1.165) is 12.5 Å². The molecule has 1 aliphatic carbocycles. The molecule has 11 heavy (non-hydrogen) atoms. The highest BCUT2D eigenvalue weighted by molar-refractivity contribution is 4.75. The van der Waals surface area contributed by atoms with Crippen LogP contribution >= 0.6 is 0 Å². The summed E-state index contributed by atoms with van der Waals surface area (Å²) in [6, 6.07) is 0.669. The summed E-state index contributed by atoms with van der Waals surface area (Å²) in [5, 5.41) is 0. The first-order valence-electron chi connectivity index (χ1n) is 4.49. The Bertz CT molecular complexity index is 97.5. The van der Waals surface area contributed by atoms with E-state index >= 15 is 0 Å². The summed E-state index contributed by atoms with van der Waals surface area (Å²) in [6.45, 7) is 0.867. The van der Waals surface area contributed by atoms with E-state index in [2.05, 4.69) is 10.9 Å². The van der Waals surface area contributed by atoms with Gasteiger partial charge in [-0.05, 0) is 45.2 Å².